The van der Waals surface area contributed by atoms with Gasteiger partial charge in [0.25, 0.3) is 5.56 Å². The Labute approximate surface area is 158 Å². The molecule has 0 atom stereocenters. The molecular weight excluding hydrogens is 344 g/mol. The number of pyridine rings is 1. The van der Waals surface area contributed by atoms with Crippen molar-refractivity contribution in [3.8, 4) is 0 Å². The first-order valence-corrected chi connectivity index (χ1v) is 9.41. The summed E-state index contributed by atoms with van der Waals surface area (Å²) in [6.07, 6.45) is 5.50. The molecule has 0 aromatic carbocycles. The molecule has 1 amide bonds. The van der Waals surface area contributed by atoms with Crippen LogP contribution in [0.5, 0.6) is 0 Å². The lowest BCUT2D eigenvalue weighted by Crippen LogP contribution is -2.27. The Kier molecular flexibility index (Phi) is 6.24. The Hall–Kier alpha value is -2.67. The van der Waals surface area contributed by atoms with E-state index < -0.39 is 0 Å². The fraction of sp³-hybridized carbons (Fsp3) is 0.450. The van der Waals surface area contributed by atoms with Crippen molar-refractivity contribution in [2.45, 2.75) is 45.8 Å². The Bertz CT molecular complexity index is 974. The van der Waals surface area contributed by atoms with Crippen LogP contribution in [-0.2, 0) is 16.1 Å². The van der Waals surface area contributed by atoms with Crippen LogP contribution in [0.15, 0.2) is 41.5 Å². The monoisotopic (exact) mass is 370 g/mol. The molecule has 144 valence electrons. The molecule has 0 aliphatic heterocycles. The summed E-state index contributed by atoms with van der Waals surface area (Å²) in [6, 6.07) is 7.45. The van der Waals surface area contributed by atoms with Gasteiger partial charge in [0.2, 0.25) is 5.91 Å². The van der Waals surface area contributed by atoms with Crippen LogP contribution in [0.1, 0.15) is 33.1 Å². The number of rotatable bonds is 9. The number of fused-ring (bicyclic) bond motifs is 3. The van der Waals surface area contributed by atoms with Crippen molar-refractivity contribution in [3.05, 3.63) is 47.0 Å². The summed E-state index contributed by atoms with van der Waals surface area (Å²) < 4.78 is 8.96. The average Bonchev–Trinajstić information content (AvgIpc) is 3.14. The number of nitrogens with zero attached hydrogens (tertiary/aromatic N) is 3. The van der Waals surface area contributed by atoms with E-state index in [4.69, 9.17) is 4.74 Å². The van der Waals surface area contributed by atoms with E-state index in [1.807, 2.05) is 42.6 Å². The first-order chi connectivity index (χ1) is 13.1. The second-order valence-electron chi connectivity index (χ2n) is 6.79. The molecule has 7 heteroatoms. The highest BCUT2D eigenvalue weighted by Gasteiger charge is 2.11. The maximum absolute atomic E-state index is 12.8. The summed E-state index contributed by atoms with van der Waals surface area (Å²) >= 11 is 0. The fourth-order valence-electron chi connectivity index (χ4n) is 3.10. The smallest absolute Gasteiger partial charge is 0.276 e. The highest BCUT2D eigenvalue weighted by Crippen LogP contribution is 2.13. The maximum Gasteiger partial charge on any atom is 0.276 e. The number of hydrogen-bond donors (Lipinski definition) is 1. The van der Waals surface area contributed by atoms with E-state index in [-0.39, 0.29) is 17.6 Å². The quantitative estimate of drug-likeness (QED) is 0.587. The maximum atomic E-state index is 12.8. The lowest BCUT2D eigenvalue weighted by molar-refractivity contribution is -0.121. The summed E-state index contributed by atoms with van der Waals surface area (Å²) in [5.74, 6) is -0.00590. The predicted molar refractivity (Wildman–Crippen MR) is 105 cm³/mol. The summed E-state index contributed by atoms with van der Waals surface area (Å²) in [4.78, 5) is 29.1. The van der Waals surface area contributed by atoms with Crippen LogP contribution in [0, 0.1) is 0 Å². The van der Waals surface area contributed by atoms with Crippen molar-refractivity contribution >= 4 is 22.6 Å². The van der Waals surface area contributed by atoms with Gasteiger partial charge in [0.1, 0.15) is 5.52 Å². The molecule has 3 heterocycles. The van der Waals surface area contributed by atoms with E-state index in [1.165, 1.54) is 0 Å². The average molecular weight is 370 g/mol. The third kappa shape index (κ3) is 4.54. The molecule has 0 aliphatic rings. The van der Waals surface area contributed by atoms with Crippen molar-refractivity contribution in [1.82, 2.24) is 19.3 Å². The molecule has 0 saturated carbocycles. The van der Waals surface area contributed by atoms with Crippen molar-refractivity contribution in [1.29, 1.82) is 0 Å². The first kappa shape index (κ1) is 19.1. The van der Waals surface area contributed by atoms with Crippen molar-refractivity contribution in [2.24, 2.45) is 0 Å². The van der Waals surface area contributed by atoms with Crippen LogP contribution in [0.2, 0.25) is 0 Å². The Morgan fingerprint density at radius 1 is 1.22 bits per heavy atom. The molecule has 0 unspecified atom stereocenters. The Balaban J connectivity index is 1.59. The number of ether oxygens (including phenoxy) is 1. The Morgan fingerprint density at radius 3 is 2.85 bits per heavy atom. The van der Waals surface area contributed by atoms with Crippen molar-refractivity contribution in [3.63, 3.8) is 0 Å². The molecule has 27 heavy (non-hydrogen) atoms. The second-order valence-corrected chi connectivity index (χ2v) is 6.79. The van der Waals surface area contributed by atoms with Gasteiger partial charge in [-0.2, -0.15) is 0 Å². The number of carbonyl (C=O) groups excluding carboxylic acids is 1. The predicted octanol–water partition coefficient (Wildman–Crippen LogP) is 2.36. The van der Waals surface area contributed by atoms with Crippen molar-refractivity contribution in [2.75, 3.05) is 13.2 Å². The highest BCUT2D eigenvalue weighted by molar-refractivity contribution is 5.76. The summed E-state index contributed by atoms with van der Waals surface area (Å²) in [5, 5.41) is 2.89. The normalized spacial score (nSPS) is 11.5. The van der Waals surface area contributed by atoms with Gasteiger partial charge in [-0.25, -0.2) is 4.98 Å². The minimum Gasteiger partial charge on any atom is -0.379 e. The first-order valence-electron chi connectivity index (χ1n) is 9.41. The van der Waals surface area contributed by atoms with Crippen LogP contribution in [0.25, 0.3) is 16.7 Å². The van der Waals surface area contributed by atoms with Gasteiger partial charge in [-0.05, 0) is 51.0 Å². The highest BCUT2D eigenvalue weighted by atomic mass is 16.5. The molecule has 0 saturated heterocycles. The third-order valence-corrected chi connectivity index (χ3v) is 4.37. The van der Waals surface area contributed by atoms with Gasteiger partial charge in [0, 0.05) is 38.5 Å². The van der Waals surface area contributed by atoms with E-state index in [0.29, 0.717) is 43.7 Å². The van der Waals surface area contributed by atoms with Gasteiger partial charge in [0.05, 0.1) is 11.6 Å². The van der Waals surface area contributed by atoms with Gasteiger partial charge >= 0.3 is 0 Å². The number of aromatic nitrogens is 3. The van der Waals surface area contributed by atoms with E-state index in [0.717, 1.165) is 11.9 Å². The van der Waals surface area contributed by atoms with E-state index in [1.54, 1.807) is 16.8 Å². The van der Waals surface area contributed by atoms with E-state index in [9.17, 15) is 9.59 Å². The van der Waals surface area contributed by atoms with Gasteiger partial charge in [-0.3, -0.25) is 14.2 Å². The van der Waals surface area contributed by atoms with E-state index >= 15 is 0 Å². The standard InChI is InChI=1S/C20H26N4O3/c1-15(2)27-14-6-11-21-18(25)9-5-13-24-19-16(7-3-10-22-19)23-12-4-8-17(23)20(24)26/h3-4,7-8,10,12,15H,5-6,9,11,13-14H2,1-2H3,(H,21,25). The zero-order chi connectivity index (χ0) is 19.2. The van der Waals surface area contributed by atoms with Crippen LogP contribution >= 0.6 is 0 Å². The topological polar surface area (TPSA) is 77.6 Å². The zero-order valence-electron chi connectivity index (χ0n) is 15.9. The van der Waals surface area contributed by atoms with Crippen LogP contribution < -0.4 is 10.9 Å². The summed E-state index contributed by atoms with van der Waals surface area (Å²) in [6.45, 7) is 5.68. The minimum atomic E-state index is -0.0857. The molecule has 3 aromatic rings. The number of amides is 1. The molecule has 0 fully saturated rings. The number of aryl methyl sites for hydroxylation is 1. The Morgan fingerprint density at radius 2 is 2.04 bits per heavy atom. The van der Waals surface area contributed by atoms with Crippen molar-refractivity contribution < 1.29 is 9.53 Å². The summed E-state index contributed by atoms with van der Waals surface area (Å²) in [5.41, 5.74) is 2.05. The molecule has 0 radical (unpaired) electrons. The molecule has 0 spiro atoms. The van der Waals surface area contributed by atoms with Gasteiger partial charge in [-0.15, -0.1) is 0 Å². The van der Waals surface area contributed by atoms with Crippen LogP contribution in [0.4, 0.5) is 0 Å². The van der Waals surface area contributed by atoms with Crippen LogP contribution in [0.3, 0.4) is 0 Å². The number of carbonyl (C=O) groups is 1. The molecule has 3 rings (SSSR count). The number of hydrogen-bond acceptors (Lipinski definition) is 4. The molecule has 0 aliphatic carbocycles. The SMILES string of the molecule is CC(C)OCCCNC(=O)CCCn1c(=O)c2cccn2c2cccnc21. The summed E-state index contributed by atoms with van der Waals surface area (Å²) in [7, 11) is 0. The lowest BCUT2D eigenvalue weighted by Gasteiger charge is -2.12. The largest absolute Gasteiger partial charge is 0.379 e. The zero-order valence-corrected chi connectivity index (χ0v) is 15.9. The van der Waals surface area contributed by atoms with Gasteiger partial charge in [-0.1, -0.05) is 0 Å². The van der Waals surface area contributed by atoms with E-state index in [2.05, 4.69) is 10.3 Å². The number of nitrogens with one attached hydrogen (secondary N) is 1. The fourth-order valence-corrected chi connectivity index (χ4v) is 3.10. The molecule has 1 N–H and O–H groups in total. The molecule has 0 bridgehead atoms. The minimum absolute atomic E-state index is 0.00590. The lowest BCUT2D eigenvalue weighted by atomic mass is 10.2. The van der Waals surface area contributed by atoms with Crippen LogP contribution in [-0.4, -0.2) is 39.1 Å². The molecule has 7 nitrogen and oxygen atoms in total. The third-order valence-electron chi connectivity index (χ3n) is 4.37. The van der Waals surface area contributed by atoms with Gasteiger partial charge in [0.15, 0.2) is 5.65 Å². The molecule has 3 aromatic heterocycles. The van der Waals surface area contributed by atoms with Gasteiger partial charge < -0.3 is 14.5 Å². The molecular formula is C20H26N4O3. The second kappa shape index (κ2) is 8.81.